The van der Waals surface area contributed by atoms with Crippen LogP contribution >= 0.6 is 27.3 Å². The fraction of sp³-hybridized carbons (Fsp3) is 0.667. The third kappa shape index (κ3) is 2.44. The van der Waals surface area contributed by atoms with Gasteiger partial charge in [0.05, 0.1) is 35.6 Å². The zero-order valence-corrected chi connectivity index (χ0v) is 12.0. The molecule has 1 aromatic rings. The highest BCUT2D eigenvalue weighted by molar-refractivity contribution is 9.11. The van der Waals surface area contributed by atoms with Crippen molar-refractivity contribution in [3.8, 4) is 0 Å². The zero-order chi connectivity index (χ0) is 11.7. The van der Waals surface area contributed by atoms with Crippen molar-refractivity contribution in [2.24, 2.45) is 0 Å². The Bertz CT molecular complexity index is 386. The highest BCUT2D eigenvalue weighted by Crippen LogP contribution is 2.41. The van der Waals surface area contributed by atoms with Crippen LogP contribution in [0.4, 0.5) is 0 Å². The van der Waals surface area contributed by atoms with Crippen LogP contribution in [0.15, 0.2) is 15.9 Å². The average molecular weight is 318 g/mol. The first kappa shape index (κ1) is 12.1. The summed E-state index contributed by atoms with van der Waals surface area (Å²) in [6.45, 7) is 4.32. The first-order valence-electron chi connectivity index (χ1n) is 5.93. The summed E-state index contributed by atoms with van der Waals surface area (Å²) in [6, 6.07) is 4.82. The summed E-state index contributed by atoms with van der Waals surface area (Å²) in [5.74, 6) is 0. The number of nitrogens with one attached hydrogen (secondary N) is 1. The Balaban J connectivity index is 1.73. The van der Waals surface area contributed by atoms with E-state index >= 15 is 0 Å². The summed E-state index contributed by atoms with van der Waals surface area (Å²) in [7, 11) is 0. The van der Waals surface area contributed by atoms with E-state index in [1.54, 1.807) is 0 Å². The molecule has 1 N–H and O–H groups in total. The molecule has 2 aliphatic rings. The molecule has 0 bridgehead atoms. The summed E-state index contributed by atoms with van der Waals surface area (Å²) in [6.07, 6.45) is 1.11. The molecule has 0 aliphatic carbocycles. The number of halogens is 1. The lowest BCUT2D eigenvalue weighted by Gasteiger charge is -2.43. The molecule has 1 atom stereocenters. The second-order valence-electron chi connectivity index (χ2n) is 4.81. The molecule has 1 unspecified atom stereocenters. The minimum atomic E-state index is 0.217. The normalized spacial score (nSPS) is 27.7. The molecule has 0 radical (unpaired) electrons. The lowest BCUT2D eigenvalue weighted by Crippen LogP contribution is -2.53. The van der Waals surface area contributed by atoms with Crippen molar-refractivity contribution in [1.29, 1.82) is 0 Å². The van der Waals surface area contributed by atoms with Gasteiger partial charge in [0.25, 0.3) is 0 Å². The second-order valence-corrected chi connectivity index (χ2v) is 7.27. The van der Waals surface area contributed by atoms with Gasteiger partial charge < -0.3 is 14.8 Å². The van der Waals surface area contributed by atoms with Gasteiger partial charge in [0, 0.05) is 17.5 Å². The third-order valence-corrected chi connectivity index (χ3v) is 5.36. The lowest BCUT2D eigenvalue weighted by molar-refractivity contribution is -0.0735. The Labute approximate surface area is 114 Å². The van der Waals surface area contributed by atoms with E-state index in [0.29, 0.717) is 6.04 Å². The molecule has 5 heteroatoms. The van der Waals surface area contributed by atoms with Gasteiger partial charge in [-0.1, -0.05) is 0 Å². The van der Waals surface area contributed by atoms with Crippen LogP contribution < -0.4 is 5.32 Å². The molecule has 94 valence electrons. The second kappa shape index (κ2) is 4.97. The van der Waals surface area contributed by atoms with Crippen LogP contribution in [0.1, 0.15) is 11.3 Å². The van der Waals surface area contributed by atoms with Gasteiger partial charge in [0.2, 0.25) is 0 Å². The molecule has 1 aromatic heterocycles. The predicted molar refractivity (Wildman–Crippen MR) is 71.7 cm³/mol. The first-order chi connectivity index (χ1) is 8.28. The standard InChI is InChI=1S/C12H16BrNO2S/c13-11-2-1-10(17-11)12(7-16-8-12)5-9-6-15-4-3-14-9/h1-2,9,14H,3-8H2. The average Bonchev–Trinajstić information content (AvgIpc) is 2.72. The Morgan fingerprint density at radius 2 is 2.29 bits per heavy atom. The topological polar surface area (TPSA) is 30.5 Å². The highest BCUT2D eigenvalue weighted by Gasteiger charge is 2.43. The van der Waals surface area contributed by atoms with Crippen LogP contribution in [0.5, 0.6) is 0 Å². The molecule has 0 spiro atoms. The van der Waals surface area contributed by atoms with E-state index in [-0.39, 0.29) is 5.41 Å². The van der Waals surface area contributed by atoms with Crippen molar-refractivity contribution >= 4 is 27.3 Å². The van der Waals surface area contributed by atoms with E-state index < -0.39 is 0 Å². The predicted octanol–water partition coefficient (Wildman–Crippen LogP) is 2.16. The van der Waals surface area contributed by atoms with Gasteiger partial charge in [-0.05, 0) is 34.5 Å². The van der Waals surface area contributed by atoms with Crippen LogP contribution in [-0.4, -0.2) is 39.0 Å². The Kier molecular flexibility index (Phi) is 3.54. The summed E-state index contributed by atoms with van der Waals surface area (Å²) in [5, 5.41) is 3.53. The molecular weight excluding hydrogens is 302 g/mol. The van der Waals surface area contributed by atoms with E-state index in [1.165, 1.54) is 8.66 Å². The van der Waals surface area contributed by atoms with Crippen LogP contribution in [-0.2, 0) is 14.9 Å². The van der Waals surface area contributed by atoms with Crippen molar-refractivity contribution in [2.75, 3.05) is 33.0 Å². The van der Waals surface area contributed by atoms with Crippen molar-refractivity contribution in [1.82, 2.24) is 5.32 Å². The molecule has 3 heterocycles. The van der Waals surface area contributed by atoms with E-state index in [0.717, 1.165) is 39.4 Å². The third-order valence-electron chi connectivity index (χ3n) is 3.49. The van der Waals surface area contributed by atoms with Crippen molar-refractivity contribution in [2.45, 2.75) is 17.9 Å². The zero-order valence-electron chi connectivity index (χ0n) is 9.58. The smallest absolute Gasteiger partial charge is 0.0701 e. The van der Waals surface area contributed by atoms with Gasteiger partial charge in [0.15, 0.2) is 0 Å². The molecule has 2 aliphatic heterocycles. The molecule has 2 saturated heterocycles. The fourth-order valence-electron chi connectivity index (χ4n) is 2.53. The summed E-state index contributed by atoms with van der Waals surface area (Å²) < 4.78 is 12.2. The molecule has 3 rings (SSSR count). The van der Waals surface area contributed by atoms with Gasteiger partial charge in [-0.2, -0.15) is 0 Å². The van der Waals surface area contributed by atoms with Crippen LogP contribution in [0.25, 0.3) is 0 Å². The molecule has 0 saturated carbocycles. The van der Waals surface area contributed by atoms with E-state index in [1.807, 2.05) is 11.3 Å². The maximum atomic E-state index is 5.53. The van der Waals surface area contributed by atoms with Gasteiger partial charge in [0.1, 0.15) is 0 Å². The lowest BCUT2D eigenvalue weighted by atomic mass is 9.78. The number of thiophene rings is 1. The Morgan fingerprint density at radius 1 is 1.41 bits per heavy atom. The molecule has 2 fully saturated rings. The summed E-state index contributed by atoms with van der Waals surface area (Å²) >= 11 is 5.37. The number of ether oxygens (including phenoxy) is 2. The van der Waals surface area contributed by atoms with Gasteiger partial charge >= 0.3 is 0 Å². The monoisotopic (exact) mass is 317 g/mol. The Hall–Kier alpha value is 0.0600. The molecule has 0 aromatic carbocycles. The maximum absolute atomic E-state index is 5.53. The van der Waals surface area contributed by atoms with E-state index in [2.05, 4.69) is 33.4 Å². The quantitative estimate of drug-likeness (QED) is 0.926. The maximum Gasteiger partial charge on any atom is 0.0701 e. The van der Waals surface area contributed by atoms with Gasteiger partial charge in [-0.3, -0.25) is 0 Å². The van der Waals surface area contributed by atoms with Crippen molar-refractivity contribution in [3.63, 3.8) is 0 Å². The van der Waals surface area contributed by atoms with E-state index in [9.17, 15) is 0 Å². The summed E-state index contributed by atoms with van der Waals surface area (Å²) in [4.78, 5) is 1.43. The molecule has 17 heavy (non-hydrogen) atoms. The van der Waals surface area contributed by atoms with Crippen molar-refractivity contribution < 1.29 is 9.47 Å². The number of morpholine rings is 1. The molecular formula is C12H16BrNO2S. The van der Waals surface area contributed by atoms with Gasteiger partial charge in [-0.15, -0.1) is 11.3 Å². The fourth-order valence-corrected chi connectivity index (χ4v) is 4.09. The number of rotatable bonds is 3. The highest BCUT2D eigenvalue weighted by atomic mass is 79.9. The number of hydrogen-bond acceptors (Lipinski definition) is 4. The minimum Gasteiger partial charge on any atom is -0.379 e. The first-order valence-corrected chi connectivity index (χ1v) is 7.54. The van der Waals surface area contributed by atoms with Crippen LogP contribution in [0, 0.1) is 0 Å². The SMILES string of the molecule is Brc1ccc(C2(CC3COCCN3)COC2)s1. The van der Waals surface area contributed by atoms with Crippen LogP contribution in [0.3, 0.4) is 0 Å². The molecule has 3 nitrogen and oxygen atoms in total. The minimum absolute atomic E-state index is 0.217. The van der Waals surface area contributed by atoms with Crippen LogP contribution in [0.2, 0.25) is 0 Å². The summed E-state index contributed by atoms with van der Waals surface area (Å²) in [5.41, 5.74) is 0.217. The van der Waals surface area contributed by atoms with E-state index in [4.69, 9.17) is 9.47 Å². The largest absolute Gasteiger partial charge is 0.379 e. The Morgan fingerprint density at radius 3 is 2.82 bits per heavy atom. The molecule has 0 amide bonds. The van der Waals surface area contributed by atoms with Crippen molar-refractivity contribution in [3.05, 3.63) is 20.8 Å². The number of hydrogen-bond donors (Lipinski definition) is 1. The van der Waals surface area contributed by atoms with Gasteiger partial charge in [-0.25, -0.2) is 0 Å².